The van der Waals surface area contributed by atoms with Crippen LogP contribution in [0.3, 0.4) is 0 Å². The van der Waals surface area contributed by atoms with E-state index in [0.717, 1.165) is 16.7 Å². The summed E-state index contributed by atoms with van der Waals surface area (Å²) in [4.78, 5) is 0. The Balaban J connectivity index is 2.84. The van der Waals surface area contributed by atoms with Gasteiger partial charge in [-0.05, 0) is 18.1 Å². The molecular formula is C13H20O3Si. The van der Waals surface area contributed by atoms with Gasteiger partial charge in [0.15, 0.2) is 0 Å². The average Bonchev–Trinajstić information content (AvgIpc) is 2.37. The van der Waals surface area contributed by atoms with Crippen LogP contribution < -0.4 is 0 Å². The van der Waals surface area contributed by atoms with Crippen LogP contribution in [0.5, 0.6) is 0 Å². The molecule has 0 aliphatic rings. The van der Waals surface area contributed by atoms with E-state index in [1.807, 2.05) is 6.92 Å². The second-order valence-electron chi connectivity index (χ2n) is 3.95. The van der Waals surface area contributed by atoms with E-state index >= 15 is 0 Å². The van der Waals surface area contributed by atoms with Gasteiger partial charge in [-0.3, -0.25) is 0 Å². The minimum Gasteiger partial charge on any atom is -0.377 e. The fourth-order valence-electron chi connectivity index (χ4n) is 1.62. The molecule has 1 aromatic carbocycles. The second kappa shape index (κ2) is 6.12. The highest BCUT2D eigenvalue weighted by atomic mass is 28.4. The Bertz CT molecular complexity index is 360. The first-order chi connectivity index (χ1) is 8.06. The largest absolute Gasteiger partial charge is 0.504 e. The van der Waals surface area contributed by atoms with E-state index in [-0.39, 0.29) is 0 Å². The Morgan fingerprint density at radius 1 is 1.06 bits per heavy atom. The molecule has 0 fully saturated rings. The van der Waals surface area contributed by atoms with E-state index in [0.29, 0.717) is 6.04 Å². The molecular weight excluding hydrogens is 232 g/mol. The van der Waals surface area contributed by atoms with Crippen LogP contribution in [0.4, 0.5) is 0 Å². The van der Waals surface area contributed by atoms with Gasteiger partial charge in [-0.1, -0.05) is 36.4 Å². The lowest BCUT2D eigenvalue weighted by Crippen LogP contribution is -2.45. The van der Waals surface area contributed by atoms with Gasteiger partial charge in [0.2, 0.25) is 0 Å². The third kappa shape index (κ3) is 3.51. The molecule has 4 heteroatoms. The first-order valence-corrected chi connectivity index (χ1v) is 7.40. The summed E-state index contributed by atoms with van der Waals surface area (Å²) < 4.78 is 16.2. The summed E-state index contributed by atoms with van der Waals surface area (Å²) in [6.45, 7) is 5.91. The van der Waals surface area contributed by atoms with Crippen LogP contribution in [-0.2, 0) is 19.3 Å². The SMILES string of the molecule is C=C(C)c1ccc(C[Si](OC)(OC)OC)cc1. The quantitative estimate of drug-likeness (QED) is 0.729. The predicted octanol–water partition coefficient (Wildman–Crippen LogP) is 2.68. The maximum Gasteiger partial charge on any atom is 0.504 e. The van der Waals surface area contributed by atoms with Crippen molar-refractivity contribution in [1.82, 2.24) is 0 Å². The fraction of sp³-hybridized carbons (Fsp3) is 0.385. The molecule has 0 amide bonds. The molecule has 0 aliphatic carbocycles. The lowest BCUT2D eigenvalue weighted by atomic mass is 10.1. The van der Waals surface area contributed by atoms with Gasteiger partial charge >= 0.3 is 8.80 Å². The smallest absolute Gasteiger partial charge is 0.377 e. The minimum atomic E-state index is -2.53. The van der Waals surface area contributed by atoms with Crippen molar-refractivity contribution >= 4 is 14.4 Å². The molecule has 1 rings (SSSR count). The van der Waals surface area contributed by atoms with Gasteiger partial charge in [-0.15, -0.1) is 0 Å². The Hall–Kier alpha value is -0.943. The van der Waals surface area contributed by atoms with Gasteiger partial charge in [0.05, 0.1) is 0 Å². The summed E-state index contributed by atoms with van der Waals surface area (Å²) in [5.41, 5.74) is 3.35. The van der Waals surface area contributed by atoms with Crippen LogP contribution in [0, 0.1) is 0 Å². The average molecular weight is 252 g/mol. The van der Waals surface area contributed by atoms with Crippen LogP contribution >= 0.6 is 0 Å². The highest BCUT2D eigenvalue weighted by Crippen LogP contribution is 2.17. The number of hydrogen-bond donors (Lipinski definition) is 0. The van der Waals surface area contributed by atoms with Crippen molar-refractivity contribution in [3.8, 4) is 0 Å². The zero-order valence-electron chi connectivity index (χ0n) is 10.9. The third-order valence-corrected chi connectivity index (χ3v) is 5.51. The summed E-state index contributed by atoms with van der Waals surface area (Å²) in [7, 11) is 2.35. The van der Waals surface area contributed by atoms with Gasteiger partial charge in [-0.2, -0.15) is 0 Å². The Morgan fingerprint density at radius 3 is 1.88 bits per heavy atom. The molecule has 3 nitrogen and oxygen atoms in total. The Morgan fingerprint density at radius 2 is 1.53 bits per heavy atom. The van der Waals surface area contributed by atoms with Gasteiger partial charge in [-0.25, -0.2) is 0 Å². The maximum atomic E-state index is 5.39. The molecule has 0 saturated heterocycles. The van der Waals surface area contributed by atoms with Crippen molar-refractivity contribution in [2.75, 3.05) is 21.3 Å². The Kier molecular flexibility index (Phi) is 5.08. The van der Waals surface area contributed by atoms with E-state index in [9.17, 15) is 0 Å². The van der Waals surface area contributed by atoms with Crippen LogP contribution in [0.1, 0.15) is 18.1 Å². The van der Waals surface area contributed by atoms with E-state index < -0.39 is 8.80 Å². The van der Waals surface area contributed by atoms with Crippen molar-refractivity contribution < 1.29 is 13.3 Å². The molecule has 17 heavy (non-hydrogen) atoms. The van der Waals surface area contributed by atoms with Crippen molar-refractivity contribution in [1.29, 1.82) is 0 Å². The molecule has 0 N–H and O–H groups in total. The van der Waals surface area contributed by atoms with Crippen LogP contribution in [0.15, 0.2) is 30.8 Å². The predicted molar refractivity (Wildman–Crippen MR) is 71.6 cm³/mol. The summed E-state index contributed by atoms with van der Waals surface area (Å²) >= 11 is 0. The fourth-order valence-corrected chi connectivity index (χ4v) is 3.29. The van der Waals surface area contributed by atoms with E-state index in [1.165, 1.54) is 0 Å². The molecule has 0 aliphatic heterocycles. The van der Waals surface area contributed by atoms with Crippen LogP contribution in [-0.4, -0.2) is 30.1 Å². The van der Waals surface area contributed by atoms with E-state index in [4.69, 9.17) is 13.3 Å². The highest BCUT2D eigenvalue weighted by Gasteiger charge is 2.37. The van der Waals surface area contributed by atoms with Gasteiger partial charge in [0.25, 0.3) is 0 Å². The Labute approximate surface area is 104 Å². The molecule has 0 radical (unpaired) electrons. The molecule has 0 saturated carbocycles. The maximum absolute atomic E-state index is 5.39. The number of hydrogen-bond acceptors (Lipinski definition) is 3. The van der Waals surface area contributed by atoms with Gasteiger partial charge in [0, 0.05) is 27.4 Å². The minimum absolute atomic E-state index is 0.674. The van der Waals surface area contributed by atoms with E-state index in [1.54, 1.807) is 21.3 Å². The van der Waals surface area contributed by atoms with E-state index in [2.05, 4.69) is 30.8 Å². The normalized spacial score (nSPS) is 11.5. The van der Waals surface area contributed by atoms with Crippen molar-refractivity contribution in [2.45, 2.75) is 13.0 Å². The molecule has 1 aromatic rings. The second-order valence-corrected chi connectivity index (χ2v) is 6.89. The van der Waals surface area contributed by atoms with Gasteiger partial charge < -0.3 is 13.3 Å². The first kappa shape index (κ1) is 14.1. The van der Waals surface area contributed by atoms with Crippen molar-refractivity contribution in [3.63, 3.8) is 0 Å². The summed E-state index contributed by atoms with van der Waals surface area (Å²) in [6.07, 6.45) is 0. The molecule has 94 valence electrons. The summed E-state index contributed by atoms with van der Waals surface area (Å²) in [6, 6.07) is 8.90. The van der Waals surface area contributed by atoms with Crippen molar-refractivity contribution in [3.05, 3.63) is 42.0 Å². The lowest BCUT2D eigenvalue weighted by Gasteiger charge is -2.24. The third-order valence-electron chi connectivity index (χ3n) is 2.80. The lowest BCUT2D eigenvalue weighted by molar-refractivity contribution is 0.122. The molecule has 0 unspecified atom stereocenters. The first-order valence-electron chi connectivity index (χ1n) is 5.47. The zero-order valence-corrected chi connectivity index (χ0v) is 11.9. The highest BCUT2D eigenvalue weighted by molar-refractivity contribution is 6.60. The van der Waals surface area contributed by atoms with Crippen LogP contribution in [0.25, 0.3) is 5.57 Å². The zero-order chi connectivity index (χ0) is 12.9. The summed E-state index contributed by atoms with van der Waals surface area (Å²) in [5, 5.41) is 0. The van der Waals surface area contributed by atoms with Crippen molar-refractivity contribution in [2.24, 2.45) is 0 Å². The monoisotopic (exact) mass is 252 g/mol. The number of rotatable bonds is 6. The molecule has 0 bridgehead atoms. The molecule has 0 heterocycles. The number of allylic oxidation sites excluding steroid dienone is 1. The molecule has 0 aromatic heterocycles. The molecule has 0 atom stereocenters. The van der Waals surface area contributed by atoms with Gasteiger partial charge in [0.1, 0.15) is 0 Å². The topological polar surface area (TPSA) is 27.7 Å². The van der Waals surface area contributed by atoms with Crippen LogP contribution in [0.2, 0.25) is 0 Å². The standard InChI is InChI=1S/C13H20O3Si/c1-11(2)13-8-6-12(7-9-13)10-17(14-3,15-4)16-5/h6-9H,1,10H2,2-5H3. The summed E-state index contributed by atoms with van der Waals surface area (Å²) in [5.74, 6) is 0. The number of benzene rings is 1. The molecule has 0 spiro atoms.